The van der Waals surface area contributed by atoms with Crippen molar-refractivity contribution in [2.75, 3.05) is 19.5 Å². The van der Waals surface area contributed by atoms with Gasteiger partial charge >= 0.3 is 0 Å². The number of fused-ring (bicyclic) bond motifs is 1. The van der Waals surface area contributed by atoms with Gasteiger partial charge < -0.3 is 15.0 Å². The predicted molar refractivity (Wildman–Crippen MR) is 80.0 cm³/mol. The summed E-state index contributed by atoms with van der Waals surface area (Å²) in [5.74, 6) is 0.154. The Morgan fingerprint density at radius 2 is 2.25 bits per heavy atom. The van der Waals surface area contributed by atoms with Gasteiger partial charge in [-0.05, 0) is 46.7 Å². The van der Waals surface area contributed by atoms with Crippen molar-refractivity contribution < 1.29 is 9.13 Å². The van der Waals surface area contributed by atoms with Gasteiger partial charge in [0.05, 0.1) is 15.5 Å². The second-order valence-electron chi connectivity index (χ2n) is 5.55. The molecule has 0 radical (unpaired) electrons. The van der Waals surface area contributed by atoms with Crippen molar-refractivity contribution >= 4 is 32.9 Å². The maximum atomic E-state index is 13.7. The van der Waals surface area contributed by atoms with Gasteiger partial charge in [-0.2, -0.15) is 0 Å². The van der Waals surface area contributed by atoms with E-state index in [0.29, 0.717) is 10.4 Å². The first-order chi connectivity index (χ1) is 9.54. The lowest BCUT2D eigenvalue weighted by atomic mass is 10.0. The van der Waals surface area contributed by atoms with Crippen LogP contribution in [-0.2, 0) is 11.3 Å². The Balaban J connectivity index is 1.95. The third-order valence-electron chi connectivity index (χ3n) is 4.11. The van der Waals surface area contributed by atoms with Crippen LogP contribution in [0.15, 0.2) is 16.6 Å². The monoisotopic (exact) mass is 341 g/mol. The van der Waals surface area contributed by atoms with Gasteiger partial charge in [0.25, 0.3) is 0 Å². The molecule has 0 aliphatic heterocycles. The van der Waals surface area contributed by atoms with Gasteiger partial charge in [0.15, 0.2) is 0 Å². The Morgan fingerprint density at radius 1 is 1.50 bits per heavy atom. The zero-order valence-electron chi connectivity index (χ0n) is 11.3. The highest BCUT2D eigenvalue weighted by atomic mass is 79.9. The summed E-state index contributed by atoms with van der Waals surface area (Å²) in [6.45, 7) is 1.52. The molecule has 1 heterocycles. The molecule has 1 aliphatic carbocycles. The van der Waals surface area contributed by atoms with E-state index < -0.39 is 0 Å². The van der Waals surface area contributed by atoms with E-state index in [0.717, 1.165) is 43.4 Å². The third-order valence-corrected chi connectivity index (χ3v) is 4.71. The summed E-state index contributed by atoms with van der Waals surface area (Å²) in [5.41, 5.74) is 7.71. The van der Waals surface area contributed by atoms with Gasteiger partial charge in [-0.1, -0.05) is 0 Å². The van der Waals surface area contributed by atoms with Gasteiger partial charge in [0, 0.05) is 26.3 Å². The first-order valence-corrected chi connectivity index (χ1v) is 7.44. The van der Waals surface area contributed by atoms with Crippen molar-refractivity contribution in [2.24, 2.45) is 5.41 Å². The summed E-state index contributed by atoms with van der Waals surface area (Å²) in [5, 5.41) is 0. The van der Waals surface area contributed by atoms with E-state index in [4.69, 9.17) is 10.5 Å². The number of nitrogens with two attached hydrogens (primary N) is 1. The van der Waals surface area contributed by atoms with Crippen LogP contribution in [0.25, 0.3) is 11.0 Å². The van der Waals surface area contributed by atoms with Crippen LogP contribution in [-0.4, -0.2) is 23.3 Å². The number of rotatable bonds is 5. The lowest BCUT2D eigenvalue weighted by Crippen LogP contribution is -2.15. The second kappa shape index (κ2) is 5.00. The summed E-state index contributed by atoms with van der Waals surface area (Å²) in [7, 11) is 1.71. The molecule has 2 aromatic rings. The fourth-order valence-corrected chi connectivity index (χ4v) is 2.95. The molecule has 3 rings (SSSR count). The molecule has 108 valence electrons. The minimum absolute atomic E-state index is 0.237. The first kappa shape index (κ1) is 13.8. The molecule has 1 saturated carbocycles. The molecule has 1 aliphatic rings. The largest absolute Gasteiger partial charge is 0.385 e. The Bertz CT molecular complexity index is 651. The summed E-state index contributed by atoms with van der Waals surface area (Å²) in [6.07, 6.45) is 3.32. The van der Waals surface area contributed by atoms with E-state index in [1.807, 2.05) is 4.57 Å². The molecule has 0 amide bonds. The van der Waals surface area contributed by atoms with Crippen molar-refractivity contribution in [2.45, 2.75) is 25.8 Å². The molecule has 6 heteroatoms. The summed E-state index contributed by atoms with van der Waals surface area (Å²) >= 11 is 3.18. The molecule has 1 fully saturated rings. The van der Waals surface area contributed by atoms with Crippen LogP contribution in [0.1, 0.15) is 19.3 Å². The maximum absolute atomic E-state index is 13.7. The summed E-state index contributed by atoms with van der Waals surface area (Å²) < 4.78 is 21.2. The zero-order chi connectivity index (χ0) is 14.3. The molecule has 0 spiro atoms. The number of ether oxygens (including phenoxy) is 1. The third kappa shape index (κ3) is 2.42. The van der Waals surface area contributed by atoms with E-state index >= 15 is 0 Å². The Kier molecular flexibility index (Phi) is 3.46. The average molecular weight is 342 g/mol. The number of benzene rings is 1. The number of methoxy groups -OCH3 is 1. The first-order valence-electron chi connectivity index (χ1n) is 6.64. The van der Waals surface area contributed by atoms with E-state index in [9.17, 15) is 4.39 Å². The molecular formula is C14H17BrFN3O. The fraction of sp³-hybridized carbons (Fsp3) is 0.500. The van der Waals surface area contributed by atoms with Crippen LogP contribution in [0.5, 0.6) is 0 Å². The average Bonchev–Trinajstić information content (AvgIpc) is 3.12. The summed E-state index contributed by atoms with van der Waals surface area (Å²) in [6, 6.07) is 3.17. The standard InChI is InChI=1S/C14H17BrFN3O/c1-20-5-4-14(2-3-14)8-19-12-7-10(16)9(15)6-11(12)18-13(19)17/h6-7H,2-5,8H2,1H3,(H2,17,18). The lowest BCUT2D eigenvalue weighted by Gasteiger charge is -2.17. The second-order valence-corrected chi connectivity index (χ2v) is 6.41. The number of nitrogens with zero attached hydrogens (tertiary/aromatic N) is 2. The van der Waals surface area contributed by atoms with Crippen LogP contribution in [0, 0.1) is 11.2 Å². The number of halogens is 2. The molecule has 4 nitrogen and oxygen atoms in total. The van der Waals surface area contributed by atoms with E-state index in [-0.39, 0.29) is 11.2 Å². The van der Waals surface area contributed by atoms with Gasteiger partial charge in [0.2, 0.25) is 5.95 Å². The minimum atomic E-state index is -0.291. The van der Waals surface area contributed by atoms with Crippen molar-refractivity contribution in [3.05, 3.63) is 22.4 Å². The number of anilines is 1. The smallest absolute Gasteiger partial charge is 0.201 e. The van der Waals surface area contributed by atoms with E-state index in [1.165, 1.54) is 6.07 Å². The minimum Gasteiger partial charge on any atom is -0.385 e. The normalized spacial score (nSPS) is 16.8. The molecule has 0 saturated heterocycles. The lowest BCUT2D eigenvalue weighted by molar-refractivity contribution is 0.167. The summed E-state index contributed by atoms with van der Waals surface area (Å²) in [4.78, 5) is 4.32. The van der Waals surface area contributed by atoms with Crippen molar-refractivity contribution in [3.63, 3.8) is 0 Å². The fourth-order valence-electron chi connectivity index (χ4n) is 2.62. The van der Waals surface area contributed by atoms with E-state index in [2.05, 4.69) is 20.9 Å². The molecule has 1 aromatic carbocycles. The zero-order valence-corrected chi connectivity index (χ0v) is 12.9. The maximum Gasteiger partial charge on any atom is 0.201 e. The van der Waals surface area contributed by atoms with Gasteiger partial charge in [-0.15, -0.1) is 0 Å². The van der Waals surface area contributed by atoms with Crippen molar-refractivity contribution in [1.82, 2.24) is 9.55 Å². The highest BCUT2D eigenvalue weighted by Crippen LogP contribution is 2.51. The SMILES string of the molecule is COCCC1(Cn2c(N)nc3cc(Br)c(F)cc32)CC1. The predicted octanol–water partition coefficient (Wildman–Crippen LogP) is 3.34. The van der Waals surface area contributed by atoms with Crippen LogP contribution >= 0.6 is 15.9 Å². The molecule has 0 atom stereocenters. The van der Waals surface area contributed by atoms with Crippen molar-refractivity contribution in [3.8, 4) is 0 Å². The molecular weight excluding hydrogens is 325 g/mol. The number of nitrogen functional groups attached to an aromatic ring is 1. The van der Waals surface area contributed by atoms with Gasteiger partial charge in [-0.3, -0.25) is 0 Å². The molecule has 1 aromatic heterocycles. The highest BCUT2D eigenvalue weighted by Gasteiger charge is 2.42. The van der Waals surface area contributed by atoms with Crippen LogP contribution < -0.4 is 5.73 Å². The van der Waals surface area contributed by atoms with Gasteiger partial charge in [0.1, 0.15) is 5.82 Å². The Morgan fingerprint density at radius 3 is 2.90 bits per heavy atom. The van der Waals surface area contributed by atoms with Gasteiger partial charge in [-0.25, -0.2) is 9.37 Å². The number of aromatic nitrogens is 2. The van der Waals surface area contributed by atoms with Crippen molar-refractivity contribution in [1.29, 1.82) is 0 Å². The number of hydrogen-bond acceptors (Lipinski definition) is 3. The van der Waals surface area contributed by atoms with Crippen LogP contribution in [0.3, 0.4) is 0 Å². The molecule has 20 heavy (non-hydrogen) atoms. The molecule has 0 bridgehead atoms. The quantitative estimate of drug-likeness (QED) is 0.907. The Labute approximate surface area is 125 Å². The topological polar surface area (TPSA) is 53.1 Å². The highest BCUT2D eigenvalue weighted by molar-refractivity contribution is 9.10. The van der Waals surface area contributed by atoms with Crippen LogP contribution in [0.2, 0.25) is 0 Å². The molecule has 2 N–H and O–H groups in total. The Hall–Kier alpha value is -1.14. The van der Waals surface area contributed by atoms with E-state index in [1.54, 1.807) is 13.2 Å². The number of imidazole rings is 1. The molecule has 0 unspecified atom stereocenters. The van der Waals surface area contributed by atoms with Crippen LogP contribution in [0.4, 0.5) is 10.3 Å². The number of hydrogen-bond donors (Lipinski definition) is 1.